The van der Waals surface area contributed by atoms with Crippen molar-refractivity contribution >= 4 is 34.8 Å². The average Bonchev–Trinajstić information content (AvgIpc) is 3.09. The molecule has 1 unspecified atom stereocenters. The number of para-hydroxylation sites is 1. The molecule has 0 saturated carbocycles. The summed E-state index contributed by atoms with van der Waals surface area (Å²) in [5.41, 5.74) is 9.44. The van der Waals surface area contributed by atoms with Crippen LogP contribution in [0.2, 0.25) is 5.02 Å². The Bertz CT molecular complexity index is 814. The Morgan fingerprint density at radius 2 is 2.24 bits per heavy atom. The fraction of sp³-hybridized carbons (Fsp3) is 0.333. The van der Waals surface area contributed by atoms with Gasteiger partial charge in [-0.1, -0.05) is 23.7 Å². The minimum Gasteiger partial charge on any atom is -0.384 e. The van der Waals surface area contributed by atoms with Crippen molar-refractivity contribution in [2.45, 2.75) is 25.9 Å². The van der Waals surface area contributed by atoms with Crippen LogP contribution < -0.4 is 20.9 Å². The molecule has 2 amide bonds. The molecule has 2 aromatic rings. The number of urea groups is 1. The Hall–Kier alpha value is -2.31. The van der Waals surface area contributed by atoms with E-state index >= 15 is 0 Å². The summed E-state index contributed by atoms with van der Waals surface area (Å²) < 4.78 is 0. The molecule has 0 radical (unpaired) electrons. The number of aromatic nitrogens is 1. The van der Waals surface area contributed by atoms with Crippen LogP contribution in [0, 0.1) is 6.92 Å². The highest BCUT2D eigenvalue weighted by molar-refractivity contribution is 6.34. The van der Waals surface area contributed by atoms with Gasteiger partial charge in [-0.05, 0) is 31.5 Å². The Morgan fingerprint density at radius 3 is 2.96 bits per heavy atom. The zero-order valence-corrected chi connectivity index (χ0v) is 14.8. The number of halogens is 1. The molecule has 1 fully saturated rings. The summed E-state index contributed by atoms with van der Waals surface area (Å²) in [6, 6.07) is 7.50. The van der Waals surface area contributed by atoms with Crippen LogP contribution >= 0.6 is 11.6 Å². The summed E-state index contributed by atoms with van der Waals surface area (Å²) in [6.07, 6.45) is 2.66. The number of anilines is 3. The van der Waals surface area contributed by atoms with Crippen LogP contribution in [0.4, 0.5) is 22.0 Å². The van der Waals surface area contributed by atoms with E-state index < -0.39 is 0 Å². The number of nitrogens with one attached hydrogen (secondary N) is 1. The van der Waals surface area contributed by atoms with Gasteiger partial charge in [-0.3, -0.25) is 9.80 Å². The number of pyridine rings is 1. The van der Waals surface area contributed by atoms with Gasteiger partial charge in [-0.25, -0.2) is 9.78 Å². The smallest absolute Gasteiger partial charge is 0.329 e. The van der Waals surface area contributed by atoms with Crippen molar-refractivity contribution in [1.82, 2.24) is 10.3 Å². The fourth-order valence-electron chi connectivity index (χ4n) is 3.66. The number of hydrogen-bond donors (Lipinski definition) is 2. The first kappa shape index (κ1) is 16.2. The first-order chi connectivity index (χ1) is 12.1. The van der Waals surface area contributed by atoms with Crippen LogP contribution in [-0.2, 0) is 6.54 Å². The highest BCUT2D eigenvalue weighted by Gasteiger charge is 2.38. The Kier molecular flexibility index (Phi) is 4.01. The number of nitrogens with zero attached hydrogens (tertiary/aromatic N) is 3. The normalized spacial score (nSPS) is 20.1. The summed E-state index contributed by atoms with van der Waals surface area (Å²) in [6.45, 7) is 4.06. The molecule has 130 valence electrons. The quantitative estimate of drug-likeness (QED) is 0.866. The van der Waals surface area contributed by atoms with Crippen molar-refractivity contribution < 1.29 is 4.79 Å². The van der Waals surface area contributed by atoms with Gasteiger partial charge in [-0.2, -0.15) is 0 Å². The van der Waals surface area contributed by atoms with Crippen LogP contribution in [0.3, 0.4) is 0 Å². The molecule has 7 heteroatoms. The number of benzene rings is 1. The summed E-state index contributed by atoms with van der Waals surface area (Å²) in [4.78, 5) is 21.2. The molecule has 1 saturated heterocycles. The molecule has 1 aromatic carbocycles. The number of rotatable bonds is 2. The number of fused-ring (bicyclic) bond motifs is 1. The van der Waals surface area contributed by atoms with Gasteiger partial charge in [0.05, 0.1) is 29.0 Å². The van der Waals surface area contributed by atoms with E-state index in [0.29, 0.717) is 17.4 Å². The maximum atomic E-state index is 13.4. The minimum absolute atomic E-state index is 0.0667. The maximum absolute atomic E-state index is 13.4. The van der Waals surface area contributed by atoms with Gasteiger partial charge >= 0.3 is 6.03 Å². The number of nitrogen functional groups attached to an aromatic ring is 1. The van der Waals surface area contributed by atoms with E-state index in [2.05, 4.69) is 10.3 Å². The highest BCUT2D eigenvalue weighted by Crippen LogP contribution is 2.38. The molecule has 0 spiro atoms. The van der Waals surface area contributed by atoms with E-state index in [-0.39, 0.29) is 12.1 Å². The molecule has 4 rings (SSSR count). The molecule has 3 N–H and O–H groups in total. The van der Waals surface area contributed by atoms with Gasteiger partial charge in [0, 0.05) is 24.4 Å². The molecule has 6 nitrogen and oxygen atoms in total. The van der Waals surface area contributed by atoms with Crippen LogP contribution in [0.1, 0.15) is 17.5 Å². The molecular weight excluding hydrogens is 338 g/mol. The van der Waals surface area contributed by atoms with Gasteiger partial charge in [0.1, 0.15) is 5.82 Å². The lowest BCUT2D eigenvalue weighted by molar-refractivity contribution is 0.248. The third-order valence-electron chi connectivity index (χ3n) is 4.87. The first-order valence-electron chi connectivity index (χ1n) is 8.37. The van der Waals surface area contributed by atoms with E-state index in [1.165, 1.54) is 0 Å². The Morgan fingerprint density at radius 1 is 1.40 bits per heavy atom. The zero-order chi connectivity index (χ0) is 17.6. The number of carbonyl (C=O) groups is 1. The molecule has 3 heterocycles. The molecule has 0 aliphatic carbocycles. The fourth-order valence-corrected chi connectivity index (χ4v) is 3.98. The molecule has 25 heavy (non-hydrogen) atoms. The third-order valence-corrected chi connectivity index (χ3v) is 5.17. The van der Waals surface area contributed by atoms with Gasteiger partial charge in [-0.15, -0.1) is 0 Å². The second-order valence-corrected chi connectivity index (χ2v) is 6.94. The SMILES string of the molecule is Cc1cccc(Cl)c1N1Cc2cnc(N)cc2N(C2CCNC2)C1=O. The molecular formula is C18H20ClN5O. The molecule has 2 aliphatic heterocycles. The predicted molar refractivity (Wildman–Crippen MR) is 100 cm³/mol. The van der Waals surface area contributed by atoms with Crippen LogP contribution in [0.25, 0.3) is 0 Å². The third kappa shape index (κ3) is 2.71. The number of nitrogens with two attached hydrogens (primary N) is 1. The van der Waals surface area contributed by atoms with Gasteiger partial charge in [0.15, 0.2) is 0 Å². The minimum atomic E-state index is -0.0667. The first-order valence-corrected chi connectivity index (χ1v) is 8.75. The molecule has 1 atom stereocenters. The topological polar surface area (TPSA) is 74.5 Å². The lowest BCUT2D eigenvalue weighted by atomic mass is 10.1. The highest BCUT2D eigenvalue weighted by atomic mass is 35.5. The summed E-state index contributed by atoms with van der Waals surface area (Å²) in [7, 11) is 0. The van der Waals surface area contributed by atoms with Crippen molar-refractivity contribution in [3.8, 4) is 0 Å². The van der Waals surface area contributed by atoms with Gasteiger partial charge in [0.2, 0.25) is 0 Å². The van der Waals surface area contributed by atoms with E-state index in [1.54, 1.807) is 17.2 Å². The van der Waals surface area contributed by atoms with Crippen molar-refractivity contribution in [2.75, 3.05) is 28.6 Å². The predicted octanol–water partition coefficient (Wildman–Crippen LogP) is 2.93. The average molecular weight is 358 g/mol. The zero-order valence-electron chi connectivity index (χ0n) is 14.0. The standard InChI is InChI=1S/C18H20ClN5O/c1-11-3-2-4-14(19)17(11)23-10-12-8-22-16(20)7-15(12)24(18(23)25)13-5-6-21-9-13/h2-4,7-8,13,21H,5-6,9-10H2,1H3,(H2,20,22). The number of hydrogen-bond acceptors (Lipinski definition) is 4. The molecule has 1 aromatic heterocycles. The second-order valence-electron chi connectivity index (χ2n) is 6.53. The van der Waals surface area contributed by atoms with Crippen molar-refractivity contribution in [1.29, 1.82) is 0 Å². The van der Waals surface area contributed by atoms with E-state index in [0.717, 1.165) is 42.0 Å². The Labute approximate surface area is 151 Å². The Balaban J connectivity index is 1.84. The van der Waals surface area contributed by atoms with Crippen LogP contribution in [0.5, 0.6) is 0 Å². The van der Waals surface area contributed by atoms with Crippen LogP contribution in [0.15, 0.2) is 30.5 Å². The summed E-state index contributed by atoms with van der Waals surface area (Å²) in [5, 5.41) is 3.90. The van der Waals surface area contributed by atoms with Crippen molar-refractivity contribution in [2.24, 2.45) is 0 Å². The number of amides is 2. The van der Waals surface area contributed by atoms with Gasteiger partial charge in [0.25, 0.3) is 0 Å². The van der Waals surface area contributed by atoms with E-state index in [4.69, 9.17) is 17.3 Å². The summed E-state index contributed by atoms with van der Waals surface area (Å²) >= 11 is 6.43. The maximum Gasteiger partial charge on any atom is 0.329 e. The number of aryl methyl sites for hydroxylation is 1. The monoisotopic (exact) mass is 357 g/mol. The molecule has 0 bridgehead atoms. The lowest BCUT2D eigenvalue weighted by Gasteiger charge is -2.40. The summed E-state index contributed by atoms with van der Waals surface area (Å²) in [5.74, 6) is 0.421. The van der Waals surface area contributed by atoms with Gasteiger partial charge < -0.3 is 11.1 Å². The second kappa shape index (κ2) is 6.20. The van der Waals surface area contributed by atoms with Crippen LogP contribution in [-0.4, -0.2) is 30.1 Å². The lowest BCUT2D eigenvalue weighted by Crippen LogP contribution is -2.53. The van der Waals surface area contributed by atoms with Crippen molar-refractivity contribution in [3.05, 3.63) is 46.6 Å². The number of carbonyl (C=O) groups excluding carboxylic acids is 1. The van der Waals surface area contributed by atoms with E-state index in [1.807, 2.05) is 30.0 Å². The molecule has 2 aliphatic rings. The van der Waals surface area contributed by atoms with E-state index in [9.17, 15) is 4.79 Å². The van der Waals surface area contributed by atoms with Crippen molar-refractivity contribution in [3.63, 3.8) is 0 Å². The largest absolute Gasteiger partial charge is 0.384 e.